The molecule has 0 aliphatic carbocycles. The van der Waals surface area contributed by atoms with Gasteiger partial charge in [0.1, 0.15) is 5.69 Å². The Morgan fingerprint density at radius 2 is 1.76 bits per heavy atom. The third-order valence-electron chi connectivity index (χ3n) is 3.49. The first-order valence-electron chi connectivity index (χ1n) is 8.06. The molecule has 0 saturated heterocycles. The lowest BCUT2D eigenvalue weighted by Crippen LogP contribution is -2.21. The predicted octanol–water partition coefficient (Wildman–Crippen LogP) is 3.03. The van der Waals surface area contributed by atoms with E-state index in [-0.39, 0.29) is 34.9 Å². The van der Waals surface area contributed by atoms with Crippen LogP contribution in [0, 0.1) is 20.2 Å². The van der Waals surface area contributed by atoms with Crippen LogP contribution in [-0.2, 0) is 9.59 Å². The Morgan fingerprint density at radius 3 is 2.45 bits per heavy atom. The lowest BCUT2D eigenvalue weighted by Gasteiger charge is -2.06. The molecule has 0 radical (unpaired) electrons. The van der Waals surface area contributed by atoms with E-state index in [1.54, 1.807) is 6.07 Å². The Balaban J connectivity index is 1.85. The SMILES string of the molecule is O=C(CCC(=O)Nc1ccc(Cl)cc1[N+](=O)[O-])N/N=C/c1cccc([N+](=O)[O-])c1. The number of hydrogen-bond acceptors (Lipinski definition) is 7. The zero-order valence-electron chi connectivity index (χ0n) is 14.7. The molecule has 0 aliphatic rings. The molecule has 0 unspecified atom stereocenters. The maximum Gasteiger partial charge on any atom is 0.294 e. The van der Waals surface area contributed by atoms with E-state index in [9.17, 15) is 29.8 Å². The largest absolute Gasteiger partial charge is 0.320 e. The van der Waals surface area contributed by atoms with Crippen LogP contribution in [0.3, 0.4) is 0 Å². The van der Waals surface area contributed by atoms with Gasteiger partial charge in [-0.15, -0.1) is 0 Å². The number of carbonyl (C=O) groups excluding carboxylic acids is 2. The van der Waals surface area contributed by atoms with Gasteiger partial charge in [-0.1, -0.05) is 23.7 Å². The Bertz CT molecular complexity index is 994. The summed E-state index contributed by atoms with van der Waals surface area (Å²) in [6.07, 6.45) is 0.763. The zero-order chi connectivity index (χ0) is 21.4. The van der Waals surface area contributed by atoms with Gasteiger partial charge in [0, 0.05) is 41.6 Å². The number of nitrogens with one attached hydrogen (secondary N) is 2. The van der Waals surface area contributed by atoms with Gasteiger partial charge in [-0.2, -0.15) is 5.10 Å². The molecule has 11 nitrogen and oxygen atoms in total. The van der Waals surface area contributed by atoms with Gasteiger partial charge < -0.3 is 5.32 Å². The first kappa shape index (κ1) is 21.4. The van der Waals surface area contributed by atoms with Crippen LogP contribution in [0.25, 0.3) is 0 Å². The fourth-order valence-corrected chi connectivity index (χ4v) is 2.32. The fraction of sp³-hybridized carbons (Fsp3) is 0.118. The van der Waals surface area contributed by atoms with E-state index in [1.165, 1.54) is 36.5 Å². The number of hydrogen-bond donors (Lipinski definition) is 2. The minimum Gasteiger partial charge on any atom is -0.320 e. The van der Waals surface area contributed by atoms with Gasteiger partial charge in [0.25, 0.3) is 11.4 Å². The highest BCUT2D eigenvalue weighted by Gasteiger charge is 2.17. The molecule has 2 rings (SSSR count). The van der Waals surface area contributed by atoms with Gasteiger partial charge >= 0.3 is 0 Å². The van der Waals surface area contributed by atoms with E-state index in [0.29, 0.717) is 5.56 Å². The van der Waals surface area contributed by atoms with Crippen molar-refractivity contribution in [1.29, 1.82) is 0 Å². The van der Waals surface area contributed by atoms with Gasteiger partial charge in [-0.25, -0.2) is 5.43 Å². The number of nitro benzene ring substituents is 2. The summed E-state index contributed by atoms with van der Waals surface area (Å²) >= 11 is 5.70. The van der Waals surface area contributed by atoms with E-state index in [0.717, 1.165) is 6.07 Å². The fourth-order valence-electron chi connectivity index (χ4n) is 2.15. The third-order valence-corrected chi connectivity index (χ3v) is 3.73. The molecule has 2 aromatic carbocycles. The van der Waals surface area contributed by atoms with Crippen molar-refractivity contribution in [3.05, 3.63) is 73.3 Å². The number of nitrogens with zero attached hydrogens (tertiary/aromatic N) is 3. The zero-order valence-corrected chi connectivity index (χ0v) is 15.5. The number of rotatable bonds is 8. The number of amides is 2. The monoisotopic (exact) mass is 419 g/mol. The van der Waals surface area contributed by atoms with Crippen molar-refractivity contribution < 1.29 is 19.4 Å². The van der Waals surface area contributed by atoms with Crippen LogP contribution in [0.4, 0.5) is 17.1 Å². The summed E-state index contributed by atoms with van der Waals surface area (Å²) in [6.45, 7) is 0. The maximum absolute atomic E-state index is 11.9. The molecule has 2 aromatic rings. The molecule has 0 fully saturated rings. The third kappa shape index (κ3) is 6.66. The molecule has 2 N–H and O–H groups in total. The number of carbonyl (C=O) groups is 2. The Labute approximate surface area is 168 Å². The number of halogens is 1. The first-order valence-corrected chi connectivity index (χ1v) is 8.44. The second-order valence-corrected chi connectivity index (χ2v) is 6.05. The van der Waals surface area contributed by atoms with Crippen LogP contribution in [0.15, 0.2) is 47.6 Å². The lowest BCUT2D eigenvalue weighted by atomic mass is 10.2. The molecule has 0 aliphatic heterocycles. The highest BCUT2D eigenvalue weighted by atomic mass is 35.5. The van der Waals surface area contributed by atoms with Gasteiger partial charge in [0.2, 0.25) is 11.8 Å². The van der Waals surface area contributed by atoms with Crippen molar-refractivity contribution in [3.8, 4) is 0 Å². The summed E-state index contributed by atoms with van der Waals surface area (Å²) in [6, 6.07) is 9.42. The Morgan fingerprint density at radius 1 is 1.03 bits per heavy atom. The van der Waals surface area contributed by atoms with Crippen LogP contribution in [-0.4, -0.2) is 27.9 Å². The number of hydrazone groups is 1. The van der Waals surface area contributed by atoms with Crippen molar-refractivity contribution in [2.75, 3.05) is 5.32 Å². The summed E-state index contributed by atoms with van der Waals surface area (Å²) < 4.78 is 0. The van der Waals surface area contributed by atoms with Crippen LogP contribution in [0.5, 0.6) is 0 Å². The molecule has 0 spiro atoms. The average Bonchev–Trinajstić information content (AvgIpc) is 2.68. The minimum absolute atomic E-state index is 0.0338. The normalized spacial score (nSPS) is 10.5. The highest BCUT2D eigenvalue weighted by molar-refractivity contribution is 6.31. The van der Waals surface area contributed by atoms with Gasteiger partial charge in [0.15, 0.2) is 0 Å². The van der Waals surface area contributed by atoms with E-state index in [1.807, 2.05) is 0 Å². The lowest BCUT2D eigenvalue weighted by molar-refractivity contribution is -0.384. The number of nitro groups is 2. The molecule has 29 heavy (non-hydrogen) atoms. The van der Waals surface area contributed by atoms with Gasteiger partial charge in [-0.05, 0) is 12.1 Å². The van der Waals surface area contributed by atoms with E-state index >= 15 is 0 Å². The first-order chi connectivity index (χ1) is 13.8. The van der Waals surface area contributed by atoms with Crippen molar-refractivity contribution in [1.82, 2.24) is 5.43 Å². The summed E-state index contributed by atoms with van der Waals surface area (Å²) in [5, 5.41) is 27.9. The quantitative estimate of drug-likeness (QED) is 0.380. The molecule has 0 saturated carbocycles. The minimum atomic E-state index is -0.684. The Hall–Kier alpha value is -3.86. The molecular formula is C17H14ClN5O6. The van der Waals surface area contributed by atoms with Crippen molar-refractivity contribution >= 4 is 46.7 Å². The Kier molecular flexibility index (Phi) is 7.32. The standard InChI is InChI=1S/C17H14ClN5O6/c18-12-4-5-14(15(9-12)23(28)29)20-16(24)6-7-17(25)21-19-10-11-2-1-3-13(8-11)22(26)27/h1-5,8-10H,6-7H2,(H,20,24)(H,21,25)/b19-10+. The van der Waals surface area contributed by atoms with Crippen molar-refractivity contribution in [2.24, 2.45) is 5.10 Å². The van der Waals surface area contributed by atoms with Crippen LogP contribution < -0.4 is 10.7 Å². The molecule has 150 valence electrons. The second-order valence-electron chi connectivity index (χ2n) is 5.61. The molecular weight excluding hydrogens is 406 g/mol. The second kappa shape index (κ2) is 9.90. The number of anilines is 1. The van der Waals surface area contributed by atoms with Crippen LogP contribution in [0.2, 0.25) is 5.02 Å². The van der Waals surface area contributed by atoms with Gasteiger partial charge in [-0.3, -0.25) is 29.8 Å². The smallest absolute Gasteiger partial charge is 0.294 e. The topological polar surface area (TPSA) is 157 Å². The van der Waals surface area contributed by atoms with E-state index in [2.05, 4.69) is 15.8 Å². The summed E-state index contributed by atoms with van der Waals surface area (Å²) in [4.78, 5) is 44.1. The predicted molar refractivity (Wildman–Crippen MR) is 105 cm³/mol. The summed E-state index contributed by atoms with van der Waals surface area (Å²) in [5.74, 6) is -1.18. The number of benzene rings is 2. The molecule has 0 aromatic heterocycles. The molecule has 12 heteroatoms. The molecule has 0 heterocycles. The van der Waals surface area contributed by atoms with E-state index in [4.69, 9.17) is 11.6 Å². The summed E-state index contributed by atoms with van der Waals surface area (Å²) in [7, 11) is 0. The van der Waals surface area contributed by atoms with Crippen molar-refractivity contribution in [2.45, 2.75) is 12.8 Å². The van der Waals surface area contributed by atoms with Crippen LogP contribution >= 0.6 is 11.6 Å². The van der Waals surface area contributed by atoms with Crippen molar-refractivity contribution in [3.63, 3.8) is 0 Å². The molecule has 0 bridgehead atoms. The molecule has 0 atom stereocenters. The maximum atomic E-state index is 11.9. The highest BCUT2D eigenvalue weighted by Crippen LogP contribution is 2.27. The average molecular weight is 420 g/mol. The summed E-state index contributed by atoms with van der Waals surface area (Å²) in [5.41, 5.74) is 2.09. The number of non-ortho nitro benzene ring substituents is 1. The van der Waals surface area contributed by atoms with Crippen LogP contribution in [0.1, 0.15) is 18.4 Å². The molecule has 2 amide bonds. The van der Waals surface area contributed by atoms with E-state index < -0.39 is 21.7 Å². The van der Waals surface area contributed by atoms with Gasteiger partial charge in [0.05, 0.1) is 16.1 Å².